The topological polar surface area (TPSA) is 111 Å². The van der Waals surface area contributed by atoms with E-state index in [2.05, 4.69) is 32.1 Å². The molecular weight excluding hydrogens is 682 g/mol. The fraction of sp³-hybridized carbons (Fsp3) is 0.250. The van der Waals surface area contributed by atoms with Gasteiger partial charge in [0.1, 0.15) is 11.6 Å². The van der Waals surface area contributed by atoms with Gasteiger partial charge in [0.25, 0.3) is 11.5 Å². The lowest BCUT2D eigenvalue weighted by Crippen LogP contribution is -2.44. The summed E-state index contributed by atoms with van der Waals surface area (Å²) in [5.41, 5.74) is 1.23. The van der Waals surface area contributed by atoms with Gasteiger partial charge in [-0.25, -0.2) is 13.8 Å². The minimum absolute atomic E-state index is 0.0875. The number of ether oxygens (including phenoxy) is 3. The molecule has 6 aromatic rings. The Labute approximate surface area is 304 Å². The summed E-state index contributed by atoms with van der Waals surface area (Å²) in [5, 5.41) is 3.17. The van der Waals surface area contributed by atoms with Crippen molar-refractivity contribution in [2.24, 2.45) is 0 Å². The second kappa shape index (κ2) is 15.8. The molecule has 1 aliphatic heterocycles. The van der Waals surface area contributed by atoms with Gasteiger partial charge < -0.3 is 33.9 Å². The number of anilines is 1. The van der Waals surface area contributed by atoms with Crippen LogP contribution in [0.25, 0.3) is 21.9 Å². The van der Waals surface area contributed by atoms with Gasteiger partial charge in [-0.3, -0.25) is 14.6 Å². The van der Waals surface area contributed by atoms with Crippen molar-refractivity contribution in [1.29, 1.82) is 0 Å². The first-order valence-corrected chi connectivity index (χ1v) is 17.3. The summed E-state index contributed by atoms with van der Waals surface area (Å²) in [4.78, 5) is 40.5. The second-order valence-electron chi connectivity index (χ2n) is 12.8. The molecule has 272 valence electrons. The van der Waals surface area contributed by atoms with Crippen LogP contribution in [0.15, 0.2) is 95.9 Å². The molecule has 53 heavy (non-hydrogen) atoms. The largest absolute Gasteiger partial charge is 0.493 e. The van der Waals surface area contributed by atoms with Crippen LogP contribution in [0.5, 0.6) is 23.0 Å². The highest BCUT2D eigenvalue weighted by Gasteiger charge is 2.20. The maximum atomic E-state index is 15.5. The number of nitrogens with one attached hydrogen (secondary N) is 1. The molecule has 3 heterocycles. The minimum Gasteiger partial charge on any atom is -0.493 e. The van der Waals surface area contributed by atoms with E-state index in [1.54, 1.807) is 67.9 Å². The molecule has 0 bridgehead atoms. The summed E-state index contributed by atoms with van der Waals surface area (Å²) in [6.45, 7) is 5.78. The summed E-state index contributed by atoms with van der Waals surface area (Å²) in [7, 11) is 3.69. The van der Waals surface area contributed by atoms with Crippen molar-refractivity contribution in [1.82, 2.24) is 24.3 Å². The fourth-order valence-electron chi connectivity index (χ4n) is 6.27. The number of hydrogen-bond acceptors (Lipinski definition) is 9. The summed E-state index contributed by atoms with van der Waals surface area (Å²) in [5.74, 6) is -0.672. The van der Waals surface area contributed by atoms with Crippen LogP contribution in [0.2, 0.25) is 0 Å². The van der Waals surface area contributed by atoms with E-state index in [0.717, 1.165) is 45.2 Å². The number of benzene rings is 4. The predicted molar refractivity (Wildman–Crippen MR) is 198 cm³/mol. The molecular formula is C40H38F2N6O5. The minimum atomic E-state index is -0.814. The molecule has 0 aliphatic carbocycles. The monoisotopic (exact) mass is 720 g/mol. The molecule has 0 unspecified atom stereocenters. The zero-order chi connectivity index (χ0) is 36.9. The molecule has 7 rings (SSSR count). The number of rotatable bonds is 12. The van der Waals surface area contributed by atoms with Crippen LogP contribution in [-0.2, 0) is 6.54 Å². The number of aromatic nitrogens is 3. The number of halogens is 2. The van der Waals surface area contributed by atoms with Crippen LogP contribution in [0.3, 0.4) is 0 Å². The zero-order valence-corrected chi connectivity index (χ0v) is 29.4. The molecule has 1 amide bonds. The standard InChI is InChI=1S/C40H38F2N6O5/c1-46-17-19-47(20-18-46)16-5-21-52-37-24-32-29(23-36(37)51-2)34(14-15-43-32)53-35-13-12-28(22-30(35)42)44-39(49)38-40(50)48(25-26-8-10-27(41)11-9-26)33-7-4-3-6-31(33)45-38/h3-4,6-15,22-24H,5,16-21,25H2,1-2H3,(H,44,49). The first-order valence-electron chi connectivity index (χ1n) is 17.3. The zero-order valence-electron chi connectivity index (χ0n) is 29.4. The van der Waals surface area contributed by atoms with Crippen molar-refractivity contribution in [3.63, 3.8) is 0 Å². The van der Waals surface area contributed by atoms with E-state index in [9.17, 15) is 14.0 Å². The van der Waals surface area contributed by atoms with E-state index >= 15 is 4.39 Å². The Bertz CT molecular complexity index is 2330. The number of methoxy groups -OCH3 is 1. The van der Waals surface area contributed by atoms with Crippen LogP contribution in [0.4, 0.5) is 14.5 Å². The van der Waals surface area contributed by atoms with Gasteiger partial charge in [0.05, 0.1) is 36.8 Å². The number of piperazine rings is 1. The van der Waals surface area contributed by atoms with Gasteiger partial charge in [-0.1, -0.05) is 24.3 Å². The molecule has 13 heteroatoms. The highest BCUT2D eigenvalue weighted by atomic mass is 19.1. The van der Waals surface area contributed by atoms with Gasteiger partial charge in [-0.15, -0.1) is 0 Å². The maximum absolute atomic E-state index is 15.5. The third-order valence-corrected chi connectivity index (χ3v) is 9.19. The van der Waals surface area contributed by atoms with Gasteiger partial charge in [-0.2, -0.15) is 0 Å². The molecule has 4 aromatic carbocycles. The number of nitrogens with zero attached hydrogens (tertiary/aromatic N) is 5. The third-order valence-electron chi connectivity index (χ3n) is 9.19. The summed E-state index contributed by atoms with van der Waals surface area (Å²) in [6, 6.07) is 21.7. The van der Waals surface area contributed by atoms with Crippen LogP contribution in [-0.4, -0.2) is 83.7 Å². The highest BCUT2D eigenvalue weighted by molar-refractivity contribution is 6.03. The lowest BCUT2D eigenvalue weighted by Gasteiger charge is -2.32. The van der Waals surface area contributed by atoms with Crippen molar-refractivity contribution in [3.05, 3.63) is 124 Å². The molecule has 0 spiro atoms. The molecule has 1 saturated heterocycles. The Balaban J connectivity index is 1.06. The smallest absolute Gasteiger partial charge is 0.283 e. The van der Waals surface area contributed by atoms with Crippen LogP contribution in [0, 0.1) is 11.6 Å². The molecule has 0 atom stereocenters. The van der Waals surface area contributed by atoms with Crippen molar-refractivity contribution in [3.8, 4) is 23.0 Å². The van der Waals surface area contributed by atoms with Crippen molar-refractivity contribution in [2.75, 3.05) is 58.8 Å². The van der Waals surface area contributed by atoms with Crippen LogP contribution in [0.1, 0.15) is 22.5 Å². The number of pyridine rings is 1. The number of para-hydroxylation sites is 2. The average Bonchev–Trinajstić information content (AvgIpc) is 3.16. The van der Waals surface area contributed by atoms with E-state index in [0.29, 0.717) is 51.4 Å². The molecule has 1 N–H and O–H groups in total. The van der Waals surface area contributed by atoms with Crippen molar-refractivity contribution < 1.29 is 27.8 Å². The van der Waals surface area contributed by atoms with Gasteiger partial charge in [0, 0.05) is 62.1 Å². The average molecular weight is 721 g/mol. The number of carbonyl (C=O) groups excluding carboxylic acids is 1. The maximum Gasteiger partial charge on any atom is 0.283 e. The van der Waals surface area contributed by atoms with Gasteiger partial charge in [-0.05, 0) is 67.6 Å². The SMILES string of the molecule is COc1cc2c(Oc3ccc(NC(=O)c4nc5ccccc5n(Cc5ccc(F)cc5)c4=O)cc3F)ccnc2cc1OCCCN1CCN(C)CC1. The van der Waals surface area contributed by atoms with E-state index in [1.807, 2.05) is 0 Å². The highest BCUT2D eigenvalue weighted by Crippen LogP contribution is 2.38. The second-order valence-corrected chi connectivity index (χ2v) is 12.8. The van der Waals surface area contributed by atoms with Crippen LogP contribution >= 0.6 is 0 Å². The van der Waals surface area contributed by atoms with E-state index < -0.39 is 23.1 Å². The Morgan fingerprint density at radius 1 is 0.868 bits per heavy atom. The number of fused-ring (bicyclic) bond motifs is 2. The van der Waals surface area contributed by atoms with E-state index in [-0.39, 0.29) is 23.7 Å². The van der Waals surface area contributed by atoms with Gasteiger partial charge in [0.2, 0.25) is 0 Å². The predicted octanol–water partition coefficient (Wildman–Crippen LogP) is 6.34. The first kappa shape index (κ1) is 35.5. The molecule has 1 aliphatic rings. The van der Waals surface area contributed by atoms with Crippen LogP contribution < -0.4 is 25.1 Å². The molecule has 11 nitrogen and oxygen atoms in total. The van der Waals surface area contributed by atoms with Crippen molar-refractivity contribution in [2.45, 2.75) is 13.0 Å². The summed E-state index contributed by atoms with van der Waals surface area (Å²) < 4.78 is 48.1. The molecule has 0 radical (unpaired) electrons. The normalized spacial score (nSPS) is 13.7. The Morgan fingerprint density at radius 3 is 2.43 bits per heavy atom. The quantitative estimate of drug-likeness (QED) is 0.145. The van der Waals surface area contributed by atoms with Gasteiger partial charge in [0.15, 0.2) is 28.8 Å². The Morgan fingerprint density at radius 2 is 1.66 bits per heavy atom. The van der Waals surface area contributed by atoms with Gasteiger partial charge >= 0.3 is 0 Å². The fourth-order valence-corrected chi connectivity index (χ4v) is 6.27. The Kier molecular flexibility index (Phi) is 10.6. The third kappa shape index (κ3) is 8.11. The number of likely N-dealkylation sites (N-methyl/N-ethyl adjacent to an activating group) is 1. The van der Waals surface area contributed by atoms with Crippen molar-refractivity contribution >= 4 is 33.5 Å². The first-order chi connectivity index (χ1) is 25.7. The number of amides is 1. The number of hydrogen-bond donors (Lipinski definition) is 1. The van der Waals surface area contributed by atoms with E-state index in [1.165, 1.54) is 28.8 Å². The van der Waals surface area contributed by atoms with E-state index in [4.69, 9.17) is 14.2 Å². The Hall–Kier alpha value is -5.92. The lowest BCUT2D eigenvalue weighted by molar-refractivity contribution is 0.102. The number of carbonyl (C=O) groups is 1. The lowest BCUT2D eigenvalue weighted by atomic mass is 10.1. The summed E-state index contributed by atoms with van der Waals surface area (Å²) >= 11 is 0. The molecule has 1 fully saturated rings. The summed E-state index contributed by atoms with van der Waals surface area (Å²) in [6.07, 6.45) is 2.43. The molecule has 2 aromatic heterocycles. The molecule has 0 saturated carbocycles.